The van der Waals surface area contributed by atoms with E-state index in [1.54, 1.807) is 11.0 Å². The molecular weight excluding hydrogens is 792 g/mol. The van der Waals surface area contributed by atoms with Gasteiger partial charge in [0, 0.05) is 40.7 Å². The summed E-state index contributed by atoms with van der Waals surface area (Å²) in [5.74, 6) is -0.695. The molecule has 1 saturated heterocycles. The number of fused-ring (bicyclic) bond motifs is 3. The largest absolute Gasteiger partial charge is 0.449 e. The van der Waals surface area contributed by atoms with Crippen molar-refractivity contribution in [3.05, 3.63) is 166 Å². The third-order valence-electron chi connectivity index (χ3n) is 13.3. The zero-order chi connectivity index (χ0) is 42.7. The van der Waals surface area contributed by atoms with Gasteiger partial charge in [0.1, 0.15) is 12.6 Å². The molecule has 322 valence electrons. The van der Waals surface area contributed by atoms with Gasteiger partial charge >= 0.3 is 12.1 Å². The Morgan fingerprint density at radius 1 is 0.629 bits per heavy atom. The zero-order valence-corrected chi connectivity index (χ0v) is 36.5. The van der Waals surface area contributed by atoms with Gasteiger partial charge in [0.05, 0.1) is 6.42 Å². The van der Waals surface area contributed by atoms with E-state index in [1.165, 1.54) is 63.4 Å². The van der Waals surface area contributed by atoms with Crippen LogP contribution in [0.15, 0.2) is 127 Å². The number of hydrogen-bond donors (Lipinski definition) is 1. The summed E-state index contributed by atoms with van der Waals surface area (Å²) in [6.45, 7) is 1.19. The molecule has 62 heavy (non-hydrogen) atoms. The molecule has 0 spiro atoms. The Morgan fingerprint density at radius 3 is 1.77 bits per heavy atom. The molecule has 5 aromatic rings. The predicted molar refractivity (Wildman–Crippen MR) is 246 cm³/mol. The van der Waals surface area contributed by atoms with Crippen molar-refractivity contribution in [3.63, 3.8) is 0 Å². The van der Waals surface area contributed by atoms with Crippen LogP contribution in [0.2, 0.25) is 5.02 Å². The first-order valence-corrected chi connectivity index (χ1v) is 23.3. The van der Waals surface area contributed by atoms with Crippen molar-refractivity contribution in [2.75, 3.05) is 19.7 Å². The van der Waals surface area contributed by atoms with E-state index in [4.69, 9.17) is 21.1 Å². The lowest BCUT2D eigenvalue weighted by molar-refractivity contribution is -0.156. The van der Waals surface area contributed by atoms with Crippen molar-refractivity contribution in [2.45, 2.75) is 113 Å². The van der Waals surface area contributed by atoms with Crippen molar-refractivity contribution in [3.8, 4) is 11.1 Å². The number of amides is 2. The molecule has 1 aliphatic heterocycles. The van der Waals surface area contributed by atoms with E-state index >= 15 is 0 Å². The molecule has 1 saturated carbocycles. The number of rotatable bonds is 11. The fourth-order valence-corrected chi connectivity index (χ4v) is 10.3. The fraction of sp³-hybridized carbons (Fsp3) is 0.389. The Labute approximate surface area is 372 Å². The van der Waals surface area contributed by atoms with Gasteiger partial charge in [0.2, 0.25) is 5.91 Å². The van der Waals surface area contributed by atoms with Crippen LogP contribution in [0.25, 0.3) is 11.1 Å². The van der Waals surface area contributed by atoms with Crippen LogP contribution < -0.4 is 5.32 Å². The smallest absolute Gasteiger partial charge is 0.407 e. The van der Waals surface area contributed by atoms with E-state index in [1.807, 2.05) is 72.8 Å². The van der Waals surface area contributed by atoms with Gasteiger partial charge < -0.3 is 19.7 Å². The molecule has 8 rings (SSSR count). The molecule has 2 fully saturated rings. The molecule has 0 bridgehead atoms. The van der Waals surface area contributed by atoms with Gasteiger partial charge in [-0.1, -0.05) is 191 Å². The number of benzene rings is 5. The highest BCUT2D eigenvalue weighted by Crippen LogP contribution is 2.46. The number of nitrogens with one attached hydrogen (secondary N) is 1. The second-order valence-corrected chi connectivity index (χ2v) is 17.7. The number of halogens is 1. The fourth-order valence-electron chi connectivity index (χ4n) is 10.1. The van der Waals surface area contributed by atoms with Crippen LogP contribution in [0, 0.1) is 0 Å². The number of carbonyl (C=O) groups is 3. The summed E-state index contributed by atoms with van der Waals surface area (Å²) in [4.78, 5) is 44.3. The summed E-state index contributed by atoms with van der Waals surface area (Å²) in [5, 5.41) is 3.24. The van der Waals surface area contributed by atoms with Crippen LogP contribution in [0.3, 0.4) is 0 Å². The molecule has 1 unspecified atom stereocenters. The highest BCUT2D eigenvalue weighted by atomic mass is 35.5. The number of hydrogen-bond acceptors (Lipinski definition) is 5. The third kappa shape index (κ3) is 9.79. The number of alkyl carbamates (subject to hydrolysis) is 1. The van der Waals surface area contributed by atoms with Gasteiger partial charge in [-0.15, -0.1) is 0 Å². The lowest BCUT2D eigenvalue weighted by Crippen LogP contribution is -2.49. The van der Waals surface area contributed by atoms with Crippen LogP contribution in [-0.2, 0) is 24.7 Å². The normalized spacial score (nSPS) is 17.7. The topological polar surface area (TPSA) is 84.9 Å². The number of carbonyl (C=O) groups excluding carboxylic acids is 3. The maximum atomic E-state index is 14.7. The summed E-state index contributed by atoms with van der Waals surface area (Å²) in [7, 11) is 0. The third-order valence-corrected chi connectivity index (χ3v) is 13.6. The van der Waals surface area contributed by atoms with E-state index in [2.05, 4.69) is 53.8 Å². The van der Waals surface area contributed by atoms with Gasteiger partial charge in [0.15, 0.2) is 5.60 Å². The van der Waals surface area contributed by atoms with Gasteiger partial charge in [-0.25, -0.2) is 4.79 Å². The lowest BCUT2D eigenvalue weighted by atomic mass is 9.78. The molecule has 7 nitrogen and oxygen atoms in total. The zero-order valence-electron chi connectivity index (χ0n) is 35.7. The Hall–Kier alpha value is -5.40. The summed E-state index contributed by atoms with van der Waals surface area (Å²) >= 11 is 7.07. The van der Waals surface area contributed by atoms with Crippen molar-refractivity contribution in [1.29, 1.82) is 0 Å². The minimum Gasteiger partial charge on any atom is -0.449 e. The summed E-state index contributed by atoms with van der Waals surface area (Å²) in [6, 6.07) is 40.8. The lowest BCUT2D eigenvalue weighted by Gasteiger charge is -2.36. The van der Waals surface area contributed by atoms with E-state index in [0.29, 0.717) is 35.2 Å². The van der Waals surface area contributed by atoms with E-state index in [-0.39, 0.29) is 18.4 Å². The molecule has 2 aliphatic carbocycles. The minimum absolute atomic E-state index is 0.0788. The van der Waals surface area contributed by atoms with Crippen molar-refractivity contribution in [2.24, 2.45) is 0 Å². The molecule has 2 atom stereocenters. The van der Waals surface area contributed by atoms with Crippen LogP contribution in [0.4, 0.5) is 4.79 Å². The first-order valence-electron chi connectivity index (χ1n) is 23.0. The standard InChI is InChI=1S/C54H59ClN2O5/c55-49-30-18-17-29-48(49)54(41-23-11-8-12-24-41,42-33-31-40(32-34-42)39-21-9-6-4-2-1-3-5-7-10-22-39)62-51(58)37-50(52(59)57-35-19-20-36-57)56-53(60)61-38-47-45-27-15-13-25-43(45)44-26-14-16-28-46(44)47/h8,11-18,23-34,39,47,50H,1-7,9-10,19-22,35-38H2,(H,56,60)/t50-,54?/m0/s1. The molecule has 0 radical (unpaired) electrons. The van der Waals surface area contributed by atoms with E-state index in [9.17, 15) is 14.4 Å². The molecular formula is C54H59ClN2O5. The Morgan fingerprint density at radius 2 is 1.16 bits per heavy atom. The SMILES string of the molecule is O=C(C[C@H](NC(=O)OCC1c2ccccc2-c2ccccc21)C(=O)N1CCCC1)OC(c1ccccc1)(c1ccc(C2CCCCCCCCCCC2)cc1)c1ccccc1Cl. The highest BCUT2D eigenvalue weighted by molar-refractivity contribution is 6.31. The average Bonchev–Trinajstić information content (AvgIpc) is 3.95. The predicted octanol–water partition coefficient (Wildman–Crippen LogP) is 12.5. The first kappa shape index (κ1) is 43.3. The second kappa shape index (κ2) is 20.6. The molecule has 8 heteroatoms. The first-order chi connectivity index (χ1) is 30.4. The minimum atomic E-state index is -1.47. The summed E-state index contributed by atoms with van der Waals surface area (Å²) < 4.78 is 12.7. The maximum Gasteiger partial charge on any atom is 0.407 e. The van der Waals surface area contributed by atoms with Crippen LogP contribution in [0.5, 0.6) is 0 Å². The highest BCUT2D eigenvalue weighted by Gasteiger charge is 2.43. The Bertz CT molecular complexity index is 2230. The van der Waals surface area contributed by atoms with Crippen molar-refractivity contribution < 1.29 is 23.9 Å². The summed E-state index contributed by atoms with van der Waals surface area (Å²) in [5.41, 5.74) is 6.30. The molecule has 1 heterocycles. The molecule has 0 aromatic heterocycles. The quantitative estimate of drug-likeness (QED) is 0.106. The Kier molecular flexibility index (Phi) is 14.4. The van der Waals surface area contributed by atoms with E-state index < -0.39 is 30.1 Å². The molecule has 2 amide bonds. The van der Waals surface area contributed by atoms with Crippen molar-refractivity contribution >= 4 is 29.6 Å². The number of likely N-dealkylation sites (tertiary alicyclic amines) is 1. The van der Waals surface area contributed by atoms with Crippen LogP contribution >= 0.6 is 11.6 Å². The number of esters is 1. The van der Waals surface area contributed by atoms with Gasteiger partial charge in [-0.2, -0.15) is 0 Å². The van der Waals surface area contributed by atoms with Gasteiger partial charge in [0.25, 0.3) is 0 Å². The molecule has 1 N–H and O–H groups in total. The van der Waals surface area contributed by atoms with Crippen LogP contribution in [0.1, 0.15) is 135 Å². The second-order valence-electron chi connectivity index (χ2n) is 17.3. The number of nitrogens with zero attached hydrogens (tertiary/aromatic N) is 1. The van der Waals surface area contributed by atoms with E-state index in [0.717, 1.165) is 53.5 Å². The van der Waals surface area contributed by atoms with Gasteiger partial charge in [-0.3, -0.25) is 9.59 Å². The monoisotopic (exact) mass is 850 g/mol. The summed E-state index contributed by atoms with van der Waals surface area (Å²) in [6.07, 6.45) is 14.5. The average molecular weight is 852 g/mol. The maximum absolute atomic E-state index is 14.7. The van der Waals surface area contributed by atoms with Crippen molar-refractivity contribution in [1.82, 2.24) is 10.2 Å². The van der Waals surface area contributed by atoms with Crippen LogP contribution in [-0.4, -0.2) is 48.6 Å². The van der Waals surface area contributed by atoms with Gasteiger partial charge in [-0.05, 0) is 65.5 Å². The molecule has 3 aliphatic rings. The molecule has 5 aromatic carbocycles. The Balaban J connectivity index is 1.07. The number of ether oxygens (including phenoxy) is 2.